The molecule has 1 atom stereocenters. The van der Waals surface area contributed by atoms with Gasteiger partial charge in [0.2, 0.25) is 0 Å². The van der Waals surface area contributed by atoms with E-state index in [9.17, 15) is 9.59 Å². The van der Waals surface area contributed by atoms with Gasteiger partial charge < -0.3 is 14.1 Å². The fraction of sp³-hybridized carbons (Fsp3) is 0.200. The summed E-state index contributed by atoms with van der Waals surface area (Å²) in [6, 6.07) is 13.9. The van der Waals surface area contributed by atoms with Crippen molar-refractivity contribution in [1.82, 2.24) is 4.90 Å². The second-order valence-electron chi connectivity index (χ2n) is 5.85. The molecular weight excluding hydrogens is 318 g/mol. The van der Waals surface area contributed by atoms with E-state index in [4.69, 9.17) is 9.15 Å². The van der Waals surface area contributed by atoms with Gasteiger partial charge in [0, 0.05) is 12.4 Å². The van der Waals surface area contributed by atoms with Gasteiger partial charge in [-0.1, -0.05) is 48.5 Å². The molecule has 5 heteroatoms. The highest BCUT2D eigenvalue weighted by atomic mass is 16.5. The number of nitrogens with zero attached hydrogens (tertiary/aromatic N) is 1. The minimum atomic E-state index is -0.826. The Morgan fingerprint density at radius 1 is 1.08 bits per heavy atom. The Bertz CT molecular complexity index is 914. The van der Waals surface area contributed by atoms with E-state index in [1.807, 2.05) is 43.3 Å². The SMILES string of the molecule is COC(=O)C(c1ccccc1)N(C)C(=O)c1coc2c(C)cccc12. The van der Waals surface area contributed by atoms with Crippen LogP contribution in [0.2, 0.25) is 0 Å². The van der Waals surface area contributed by atoms with E-state index < -0.39 is 12.0 Å². The van der Waals surface area contributed by atoms with Crippen molar-refractivity contribution >= 4 is 22.8 Å². The molecule has 1 aromatic heterocycles. The number of methoxy groups -OCH3 is 1. The van der Waals surface area contributed by atoms with E-state index in [1.165, 1.54) is 18.3 Å². The maximum Gasteiger partial charge on any atom is 0.333 e. The highest BCUT2D eigenvalue weighted by molar-refractivity contribution is 6.07. The quantitative estimate of drug-likeness (QED) is 0.681. The molecule has 0 fully saturated rings. The van der Waals surface area contributed by atoms with E-state index in [0.717, 1.165) is 10.9 Å². The van der Waals surface area contributed by atoms with Gasteiger partial charge in [0.25, 0.3) is 5.91 Å². The largest absolute Gasteiger partial charge is 0.467 e. The number of benzene rings is 2. The summed E-state index contributed by atoms with van der Waals surface area (Å²) >= 11 is 0. The van der Waals surface area contributed by atoms with Gasteiger partial charge in [-0.05, 0) is 18.1 Å². The average Bonchev–Trinajstić information content (AvgIpc) is 3.07. The molecule has 128 valence electrons. The molecule has 0 aliphatic carbocycles. The minimum Gasteiger partial charge on any atom is -0.467 e. The number of likely N-dealkylation sites (N-methyl/N-ethyl adjacent to an activating group) is 1. The van der Waals surface area contributed by atoms with Gasteiger partial charge in [-0.3, -0.25) is 4.79 Å². The predicted molar refractivity (Wildman–Crippen MR) is 94.2 cm³/mol. The van der Waals surface area contributed by atoms with Crippen LogP contribution in [0.1, 0.15) is 27.5 Å². The molecule has 2 aromatic carbocycles. The molecule has 0 bridgehead atoms. The molecule has 5 nitrogen and oxygen atoms in total. The zero-order valence-electron chi connectivity index (χ0n) is 14.4. The van der Waals surface area contributed by atoms with Crippen LogP contribution in [0.3, 0.4) is 0 Å². The van der Waals surface area contributed by atoms with Crippen molar-refractivity contribution in [2.75, 3.05) is 14.2 Å². The van der Waals surface area contributed by atoms with Gasteiger partial charge >= 0.3 is 5.97 Å². The monoisotopic (exact) mass is 337 g/mol. The first-order valence-corrected chi connectivity index (χ1v) is 7.91. The van der Waals surface area contributed by atoms with Crippen LogP contribution >= 0.6 is 0 Å². The van der Waals surface area contributed by atoms with Crippen molar-refractivity contribution in [3.63, 3.8) is 0 Å². The van der Waals surface area contributed by atoms with Gasteiger partial charge in [-0.25, -0.2) is 4.79 Å². The molecule has 0 aliphatic rings. The summed E-state index contributed by atoms with van der Waals surface area (Å²) in [4.78, 5) is 26.7. The van der Waals surface area contributed by atoms with E-state index >= 15 is 0 Å². The van der Waals surface area contributed by atoms with Crippen molar-refractivity contribution in [2.45, 2.75) is 13.0 Å². The molecule has 0 aliphatic heterocycles. The van der Waals surface area contributed by atoms with E-state index in [-0.39, 0.29) is 5.91 Å². The van der Waals surface area contributed by atoms with Crippen LogP contribution in [0.4, 0.5) is 0 Å². The van der Waals surface area contributed by atoms with Crippen LogP contribution in [-0.2, 0) is 9.53 Å². The number of esters is 1. The Kier molecular flexibility index (Phi) is 4.57. The number of aryl methyl sites for hydroxylation is 1. The fourth-order valence-electron chi connectivity index (χ4n) is 2.94. The normalized spacial score (nSPS) is 12.0. The topological polar surface area (TPSA) is 59.8 Å². The van der Waals surface area contributed by atoms with E-state index in [0.29, 0.717) is 16.7 Å². The number of carbonyl (C=O) groups is 2. The van der Waals surface area contributed by atoms with Gasteiger partial charge in [0.1, 0.15) is 11.8 Å². The first-order valence-electron chi connectivity index (χ1n) is 7.91. The molecule has 25 heavy (non-hydrogen) atoms. The Morgan fingerprint density at radius 3 is 2.48 bits per heavy atom. The van der Waals surface area contributed by atoms with Crippen molar-refractivity contribution < 1.29 is 18.7 Å². The molecule has 1 amide bonds. The zero-order valence-corrected chi connectivity index (χ0v) is 14.4. The maximum absolute atomic E-state index is 13.0. The third-order valence-electron chi connectivity index (χ3n) is 4.27. The first kappa shape index (κ1) is 16.8. The lowest BCUT2D eigenvalue weighted by atomic mass is 10.0. The van der Waals surface area contributed by atoms with Crippen LogP contribution in [-0.4, -0.2) is 30.9 Å². The van der Waals surface area contributed by atoms with E-state index in [2.05, 4.69) is 0 Å². The molecule has 1 unspecified atom stereocenters. The van der Waals surface area contributed by atoms with Crippen molar-refractivity contribution in [3.05, 3.63) is 71.5 Å². The number of para-hydroxylation sites is 1. The van der Waals surface area contributed by atoms with Crippen LogP contribution in [0, 0.1) is 6.92 Å². The molecule has 0 radical (unpaired) electrons. The van der Waals surface area contributed by atoms with Gasteiger partial charge in [-0.15, -0.1) is 0 Å². The lowest BCUT2D eigenvalue weighted by molar-refractivity contribution is -0.145. The summed E-state index contributed by atoms with van der Waals surface area (Å²) in [6.45, 7) is 1.92. The molecule has 3 aromatic rings. The summed E-state index contributed by atoms with van der Waals surface area (Å²) in [7, 11) is 2.90. The van der Waals surface area contributed by atoms with Crippen LogP contribution < -0.4 is 0 Å². The molecule has 0 spiro atoms. The van der Waals surface area contributed by atoms with E-state index in [1.54, 1.807) is 19.2 Å². The Hall–Kier alpha value is -3.08. The summed E-state index contributed by atoms with van der Waals surface area (Å²) in [5.74, 6) is -0.797. The summed E-state index contributed by atoms with van der Waals surface area (Å²) in [5.41, 5.74) is 2.74. The number of carbonyl (C=O) groups excluding carboxylic acids is 2. The zero-order chi connectivity index (χ0) is 18.0. The number of rotatable bonds is 4. The standard InChI is InChI=1S/C20H19NO4/c1-13-8-7-11-15-16(12-25-18(13)15)19(22)21(2)17(20(23)24-3)14-9-5-4-6-10-14/h4-12,17H,1-3H3. The number of furan rings is 1. The van der Waals surface area contributed by atoms with Gasteiger partial charge in [0.15, 0.2) is 6.04 Å². The third kappa shape index (κ3) is 3.01. The fourth-order valence-corrected chi connectivity index (χ4v) is 2.94. The Balaban J connectivity index is 2.01. The van der Waals surface area contributed by atoms with Crippen LogP contribution in [0.15, 0.2) is 59.2 Å². The molecule has 3 rings (SSSR count). The Labute approximate surface area is 145 Å². The molecule has 0 saturated heterocycles. The number of amides is 1. The van der Waals surface area contributed by atoms with Crippen LogP contribution in [0.5, 0.6) is 0 Å². The number of hydrogen-bond acceptors (Lipinski definition) is 4. The predicted octanol–water partition coefficient (Wildman–Crippen LogP) is 3.73. The highest BCUT2D eigenvalue weighted by Crippen LogP contribution is 2.28. The molecule has 0 N–H and O–H groups in total. The summed E-state index contributed by atoms with van der Waals surface area (Å²) in [5, 5.41) is 0.730. The molecule has 0 saturated carbocycles. The number of ether oxygens (including phenoxy) is 1. The lowest BCUT2D eigenvalue weighted by Crippen LogP contribution is -2.36. The van der Waals surface area contributed by atoms with Crippen LogP contribution in [0.25, 0.3) is 11.0 Å². The van der Waals surface area contributed by atoms with Gasteiger partial charge in [-0.2, -0.15) is 0 Å². The van der Waals surface area contributed by atoms with Crippen molar-refractivity contribution in [1.29, 1.82) is 0 Å². The van der Waals surface area contributed by atoms with Gasteiger partial charge in [0.05, 0.1) is 12.7 Å². The minimum absolute atomic E-state index is 0.302. The highest BCUT2D eigenvalue weighted by Gasteiger charge is 2.31. The van der Waals surface area contributed by atoms with Crippen molar-refractivity contribution in [3.8, 4) is 0 Å². The summed E-state index contributed by atoms with van der Waals surface area (Å²) < 4.78 is 10.5. The molecular formula is C20H19NO4. The summed E-state index contributed by atoms with van der Waals surface area (Å²) in [6.07, 6.45) is 1.44. The number of hydrogen-bond donors (Lipinski definition) is 0. The Morgan fingerprint density at radius 2 is 1.80 bits per heavy atom. The third-order valence-corrected chi connectivity index (χ3v) is 4.27. The number of fused-ring (bicyclic) bond motifs is 1. The van der Waals surface area contributed by atoms with Crippen molar-refractivity contribution in [2.24, 2.45) is 0 Å². The molecule has 1 heterocycles. The second-order valence-corrected chi connectivity index (χ2v) is 5.85. The average molecular weight is 337 g/mol. The lowest BCUT2D eigenvalue weighted by Gasteiger charge is -2.26. The maximum atomic E-state index is 13.0. The first-order chi connectivity index (χ1) is 12.0. The smallest absolute Gasteiger partial charge is 0.333 e. The second kappa shape index (κ2) is 6.81.